The molecule has 6 heteroatoms. The number of carbonyl (C=O) groups excluding carboxylic acids is 2. The summed E-state index contributed by atoms with van der Waals surface area (Å²) < 4.78 is 10.8. The number of imide groups is 1. The third-order valence-electron chi connectivity index (χ3n) is 5.39. The second-order valence-corrected chi connectivity index (χ2v) is 7.54. The number of amides is 2. The topological polar surface area (TPSA) is 67.9 Å². The van der Waals surface area contributed by atoms with E-state index in [1.54, 1.807) is 31.4 Å². The van der Waals surface area contributed by atoms with E-state index < -0.39 is 11.8 Å². The first-order valence-electron chi connectivity index (χ1n) is 10.2. The summed E-state index contributed by atoms with van der Waals surface area (Å²) in [5.41, 5.74) is 4.08. The molecule has 0 saturated carbocycles. The van der Waals surface area contributed by atoms with Crippen LogP contribution in [0.2, 0.25) is 0 Å². The molecule has 0 saturated heterocycles. The molecule has 162 valence electrons. The number of carbonyl (C=O) groups is 2. The van der Waals surface area contributed by atoms with Crippen molar-refractivity contribution in [1.29, 1.82) is 0 Å². The lowest BCUT2D eigenvalue weighted by molar-refractivity contribution is -0.120. The van der Waals surface area contributed by atoms with Crippen LogP contribution in [-0.2, 0) is 9.59 Å². The van der Waals surface area contributed by atoms with Crippen LogP contribution in [0.25, 0.3) is 5.57 Å². The number of ether oxygens (including phenoxy) is 2. The fourth-order valence-corrected chi connectivity index (χ4v) is 3.87. The molecule has 3 aromatic rings. The number of nitrogens with zero attached hydrogens (tertiary/aromatic N) is 1. The predicted octanol–water partition coefficient (Wildman–Crippen LogP) is 4.72. The molecule has 1 aliphatic heterocycles. The molecule has 1 heterocycles. The highest BCUT2D eigenvalue weighted by Crippen LogP contribution is 2.38. The lowest BCUT2D eigenvalue weighted by Crippen LogP contribution is -2.33. The standard InChI is InChI=1S/C26H24N2O4/c1-16-12-13-21(17(2)14-16)28-25(29)23(20-10-5-6-11-22(20)32-4)24(26(28)30)27-18-8-7-9-19(15-18)31-3/h5-15,27H,1-4H3. The first-order valence-corrected chi connectivity index (χ1v) is 10.2. The van der Waals surface area contributed by atoms with Gasteiger partial charge in [0.15, 0.2) is 0 Å². The Hall–Kier alpha value is -4.06. The van der Waals surface area contributed by atoms with Crippen LogP contribution in [0.5, 0.6) is 11.5 Å². The highest BCUT2D eigenvalue weighted by Gasteiger charge is 2.41. The summed E-state index contributed by atoms with van der Waals surface area (Å²) in [6, 6.07) is 20.0. The maximum atomic E-state index is 13.7. The van der Waals surface area contributed by atoms with Gasteiger partial charge in [-0.1, -0.05) is 42.0 Å². The van der Waals surface area contributed by atoms with Gasteiger partial charge in [0.2, 0.25) is 0 Å². The third kappa shape index (κ3) is 3.71. The van der Waals surface area contributed by atoms with Gasteiger partial charge in [0, 0.05) is 17.3 Å². The van der Waals surface area contributed by atoms with Gasteiger partial charge < -0.3 is 14.8 Å². The van der Waals surface area contributed by atoms with Crippen molar-refractivity contribution >= 4 is 28.8 Å². The van der Waals surface area contributed by atoms with Gasteiger partial charge in [-0.3, -0.25) is 9.59 Å². The molecule has 0 bridgehead atoms. The highest BCUT2D eigenvalue weighted by atomic mass is 16.5. The minimum Gasteiger partial charge on any atom is -0.497 e. The number of rotatable bonds is 6. The van der Waals surface area contributed by atoms with Crippen LogP contribution in [0.1, 0.15) is 16.7 Å². The zero-order valence-electron chi connectivity index (χ0n) is 18.4. The summed E-state index contributed by atoms with van der Waals surface area (Å²) in [6.45, 7) is 3.86. The van der Waals surface area contributed by atoms with Crippen LogP contribution in [0.3, 0.4) is 0 Å². The minimum atomic E-state index is -0.425. The Kier molecular flexibility index (Phi) is 5.69. The normalized spacial score (nSPS) is 13.6. The molecular weight excluding hydrogens is 404 g/mol. The van der Waals surface area contributed by atoms with Crippen LogP contribution in [0, 0.1) is 13.8 Å². The summed E-state index contributed by atoms with van der Waals surface area (Å²) in [6.07, 6.45) is 0. The Labute approximate surface area is 187 Å². The number of hydrogen-bond donors (Lipinski definition) is 1. The van der Waals surface area contributed by atoms with E-state index in [2.05, 4.69) is 5.32 Å². The molecule has 3 aromatic carbocycles. The number of nitrogens with one attached hydrogen (secondary N) is 1. The molecule has 0 aliphatic carbocycles. The van der Waals surface area contributed by atoms with Crippen LogP contribution in [-0.4, -0.2) is 26.0 Å². The van der Waals surface area contributed by atoms with E-state index in [4.69, 9.17) is 9.47 Å². The Morgan fingerprint density at radius 2 is 1.59 bits per heavy atom. The third-order valence-corrected chi connectivity index (χ3v) is 5.39. The van der Waals surface area contributed by atoms with Gasteiger partial charge in [-0.25, -0.2) is 4.90 Å². The Morgan fingerprint density at radius 3 is 2.31 bits per heavy atom. The summed E-state index contributed by atoms with van der Waals surface area (Å²) in [7, 11) is 3.11. The van der Waals surface area contributed by atoms with Gasteiger partial charge in [-0.15, -0.1) is 0 Å². The molecule has 1 N–H and O–H groups in total. The fraction of sp³-hybridized carbons (Fsp3) is 0.154. The van der Waals surface area contributed by atoms with Crippen molar-refractivity contribution in [3.05, 3.63) is 89.1 Å². The average Bonchev–Trinajstić information content (AvgIpc) is 3.03. The van der Waals surface area contributed by atoms with E-state index >= 15 is 0 Å². The van der Waals surface area contributed by atoms with Gasteiger partial charge in [0.25, 0.3) is 11.8 Å². The number of hydrogen-bond acceptors (Lipinski definition) is 5. The number of aryl methyl sites for hydroxylation is 2. The van der Waals surface area contributed by atoms with Gasteiger partial charge in [0.1, 0.15) is 17.2 Å². The molecule has 6 nitrogen and oxygen atoms in total. The minimum absolute atomic E-state index is 0.188. The van der Waals surface area contributed by atoms with E-state index in [0.717, 1.165) is 11.1 Å². The largest absolute Gasteiger partial charge is 0.497 e. The van der Waals surface area contributed by atoms with Crippen molar-refractivity contribution in [3.8, 4) is 11.5 Å². The zero-order chi connectivity index (χ0) is 22.8. The monoisotopic (exact) mass is 428 g/mol. The number of anilines is 2. The first kappa shape index (κ1) is 21.2. The summed E-state index contributed by atoms with van der Waals surface area (Å²) in [5, 5.41) is 3.16. The molecule has 0 radical (unpaired) electrons. The van der Waals surface area contributed by atoms with Crippen molar-refractivity contribution in [2.24, 2.45) is 0 Å². The smallest absolute Gasteiger partial charge is 0.282 e. The first-order chi connectivity index (χ1) is 15.4. The maximum absolute atomic E-state index is 13.7. The Balaban J connectivity index is 1.87. The molecular formula is C26H24N2O4. The van der Waals surface area contributed by atoms with Crippen molar-refractivity contribution in [2.75, 3.05) is 24.4 Å². The highest BCUT2D eigenvalue weighted by molar-refractivity contribution is 6.46. The number of benzene rings is 3. The molecule has 1 aliphatic rings. The van der Waals surface area contributed by atoms with Crippen molar-refractivity contribution < 1.29 is 19.1 Å². The predicted molar refractivity (Wildman–Crippen MR) is 125 cm³/mol. The van der Waals surface area contributed by atoms with Crippen LogP contribution in [0.4, 0.5) is 11.4 Å². The zero-order valence-corrected chi connectivity index (χ0v) is 18.4. The summed E-state index contributed by atoms with van der Waals surface area (Å²) in [5.74, 6) is 0.316. The lowest BCUT2D eigenvalue weighted by Gasteiger charge is -2.18. The second kappa shape index (κ2) is 8.59. The summed E-state index contributed by atoms with van der Waals surface area (Å²) >= 11 is 0. The molecule has 4 rings (SSSR count). The molecule has 0 fully saturated rings. The van der Waals surface area contributed by atoms with E-state index in [0.29, 0.717) is 28.4 Å². The van der Waals surface area contributed by atoms with Crippen molar-refractivity contribution in [2.45, 2.75) is 13.8 Å². The van der Waals surface area contributed by atoms with Crippen LogP contribution in [0.15, 0.2) is 72.4 Å². The molecule has 0 spiro atoms. The molecule has 0 unspecified atom stereocenters. The van der Waals surface area contributed by atoms with E-state index in [9.17, 15) is 9.59 Å². The SMILES string of the molecule is COc1cccc(NC2=C(c3ccccc3OC)C(=O)N(c3ccc(C)cc3C)C2=O)c1. The fourth-order valence-electron chi connectivity index (χ4n) is 3.87. The molecule has 2 amide bonds. The van der Waals surface area contributed by atoms with Gasteiger partial charge >= 0.3 is 0 Å². The Morgan fingerprint density at radius 1 is 0.812 bits per heavy atom. The van der Waals surface area contributed by atoms with Gasteiger partial charge in [0.05, 0.1) is 25.5 Å². The van der Waals surface area contributed by atoms with Crippen molar-refractivity contribution in [1.82, 2.24) is 0 Å². The van der Waals surface area contributed by atoms with E-state index in [1.807, 2.05) is 56.3 Å². The van der Waals surface area contributed by atoms with Gasteiger partial charge in [-0.05, 0) is 43.7 Å². The lowest BCUT2D eigenvalue weighted by atomic mass is 10.0. The molecule has 0 aromatic heterocycles. The van der Waals surface area contributed by atoms with Crippen molar-refractivity contribution in [3.63, 3.8) is 0 Å². The average molecular weight is 428 g/mol. The molecule has 32 heavy (non-hydrogen) atoms. The summed E-state index contributed by atoms with van der Waals surface area (Å²) in [4.78, 5) is 28.5. The number of para-hydroxylation sites is 1. The molecule has 0 atom stereocenters. The van der Waals surface area contributed by atoms with Gasteiger partial charge in [-0.2, -0.15) is 0 Å². The second-order valence-electron chi connectivity index (χ2n) is 7.54. The maximum Gasteiger partial charge on any atom is 0.282 e. The Bertz CT molecular complexity index is 1250. The quantitative estimate of drug-likeness (QED) is 0.576. The van der Waals surface area contributed by atoms with Crippen LogP contribution >= 0.6 is 0 Å². The van der Waals surface area contributed by atoms with E-state index in [-0.39, 0.29) is 11.3 Å². The van der Waals surface area contributed by atoms with Crippen LogP contribution < -0.4 is 19.7 Å². The van der Waals surface area contributed by atoms with E-state index in [1.165, 1.54) is 12.0 Å². The number of methoxy groups -OCH3 is 2.